The molecule has 1 atom stereocenters. The summed E-state index contributed by atoms with van der Waals surface area (Å²) in [7, 11) is 0. The summed E-state index contributed by atoms with van der Waals surface area (Å²) in [5.41, 5.74) is 2.57. The Morgan fingerprint density at radius 2 is 2.16 bits per heavy atom. The minimum absolute atomic E-state index is 0.126. The summed E-state index contributed by atoms with van der Waals surface area (Å²) in [6.45, 7) is 4.95. The van der Waals surface area contributed by atoms with E-state index in [0.717, 1.165) is 13.0 Å². The Labute approximate surface area is 153 Å². The van der Waals surface area contributed by atoms with Crippen LogP contribution in [0.5, 0.6) is 0 Å². The van der Waals surface area contributed by atoms with Crippen molar-refractivity contribution in [3.8, 4) is 0 Å². The van der Waals surface area contributed by atoms with Crippen LogP contribution in [0.2, 0.25) is 0 Å². The highest BCUT2D eigenvalue weighted by atomic mass is 32.1. The molecule has 1 aliphatic rings. The number of fused-ring (bicyclic) bond motifs is 1. The zero-order valence-corrected chi connectivity index (χ0v) is 15.6. The van der Waals surface area contributed by atoms with Gasteiger partial charge in [0.15, 0.2) is 0 Å². The largest absolute Gasteiger partial charge is 0.312 e. The number of thiophene rings is 2. The van der Waals surface area contributed by atoms with Crippen LogP contribution in [-0.2, 0) is 13.1 Å². The second-order valence-electron chi connectivity index (χ2n) is 6.20. The molecular formula is C17H18N4O2S2. The summed E-state index contributed by atoms with van der Waals surface area (Å²) in [6, 6.07) is 6.64. The standard InChI is InChI=1S/C17H18N4O2S2/c1-11-16(21(22)23)12(2)20(18-11)10-19-7-5-14-13(6-9-25-14)17(19)15-4-3-8-24-15/h3-4,6,8-9,17H,5,7,10H2,1-2H3/t17-/m0/s1. The fourth-order valence-electron chi connectivity index (χ4n) is 3.56. The lowest BCUT2D eigenvalue weighted by molar-refractivity contribution is -0.386. The molecule has 0 radical (unpaired) electrons. The fourth-order valence-corrected chi connectivity index (χ4v) is 5.34. The molecule has 3 aromatic rings. The van der Waals surface area contributed by atoms with Crippen molar-refractivity contribution in [3.63, 3.8) is 0 Å². The van der Waals surface area contributed by atoms with Gasteiger partial charge in [0.1, 0.15) is 11.4 Å². The van der Waals surface area contributed by atoms with E-state index in [1.807, 2.05) is 11.3 Å². The van der Waals surface area contributed by atoms with Crippen LogP contribution < -0.4 is 0 Å². The molecule has 0 saturated heterocycles. The lowest BCUT2D eigenvalue weighted by Crippen LogP contribution is -2.37. The van der Waals surface area contributed by atoms with Crippen molar-refractivity contribution in [2.75, 3.05) is 6.54 Å². The van der Waals surface area contributed by atoms with E-state index >= 15 is 0 Å². The van der Waals surface area contributed by atoms with E-state index in [9.17, 15) is 10.1 Å². The van der Waals surface area contributed by atoms with E-state index in [4.69, 9.17) is 0 Å². The summed E-state index contributed by atoms with van der Waals surface area (Å²) in [6.07, 6.45) is 1.01. The van der Waals surface area contributed by atoms with Crippen molar-refractivity contribution in [3.05, 3.63) is 65.8 Å². The Morgan fingerprint density at radius 3 is 2.84 bits per heavy atom. The Kier molecular flexibility index (Phi) is 4.18. The first-order valence-corrected chi connectivity index (χ1v) is 9.84. The summed E-state index contributed by atoms with van der Waals surface area (Å²) >= 11 is 3.57. The number of aromatic nitrogens is 2. The van der Waals surface area contributed by atoms with Gasteiger partial charge in [0, 0.05) is 16.3 Å². The molecule has 25 heavy (non-hydrogen) atoms. The van der Waals surface area contributed by atoms with Crippen molar-refractivity contribution in [1.82, 2.24) is 14.7 Å². The molecule has 4 heterocycles. The van der Waals surface area contributed by atoms with Gasteiger partial charge in [-0.1, -0.05) is 6.07 Å². The first kappa shape index (κ1) is 16.4. The molecule has 0 unspecified atom stereocenters. The molecule has 0 N–H and O–H groups in total. The Balaban J connectivity index is 1.71. The molecule has 0 aliphatic carbocycles. The third-order valence-electron chi connectivity index (χ3n) is 4.72. The van der Waals surface area contributed by atoms with Gasteiger partial charge in [0.25, 0.3) is 0 Å². The molecule has 0 fully saturated rings. The average molecular weight is 374 g/mol. The van der Waals surface area contributed by atoms with Crippen molar-refractivity contribution in [2.45, 2.75) is 33.0 Å². The minimum Gasteiger partial charge on any atom is -0.272 e. The van der Waals surface area contributed by atoms with Crippen LogP contribution in [0.4, 0.5) is 5.69 Å². The molecule has 6 nitrogen and oxygen atoms in total. The zero-order valence-electron chi connectivity index (χ0n) is 14.0. The first-order valence-electron chi connectivity index (χ1n) is 8.08. The maximum absolute atomic E-state index is 11.3. The second-order valence-corrected chi connectivity index (χ2v) is 8.18. The maximum Gasteiger partial charge on any atom is 0.312 e. The molecule has 8 heteroatoms. The normalized spacial score (nSPS) is 17.6. The zero-order chi connectivity index (χ0) is 17.6. The average Bonchev–Trinajstić information content (AvgIpc) is 3.28. The molecular weight excluding hydrogens is 356 g/mol. The van der Waals surface area contributed by atoms with Gasteiger partial charge in [-0.2, -0.15) is 5.10 Å². The summed E-state index contributed by atoms with van der Waals surface area (Å²) < 4.78 is 1.77. The Morgan fingerprint density at radius 1 is 1.32 bits per heavy atom. The Bertz CT molecular complexity index is 913. The van der Waals surface area contributed by atoms with E-state index in [0.29, 0.717) is 18.1 Å². The molecule has 3 aromatic heterocycles. The van der Waals surface area contributed by atoms with Crippen LogP contribution in [0.1, 0.15) is 32.7 Å². The quantitative estimate of drug-likeness (QED) is 0.509. The lowest BCUT2D eigenvalue weighted by Gasteiger charge is -2.35. The van der Waals surface area contributed by atoms with Crippen LogP contribution >= 0.6 is 22.7 Å². The van der Waals surface area contributed by atoms with E-state index < -0.39 is 0 Å². The number of rotatable bonds is 4. The lowest BCUT2D eigenvalue weighted by atomic mass is 9.99. The maximum atomic E-state index is 11.3. The third-order valence-corrected chi connectivity index (χ3v) is 6.64. The van der Waals surface area contributed by atoms with Crippen LogP contribution in [0, 0.1) is 24.0 Å². The number of hydrogen-bond acceptors (Lipinski definition) is 6. The number of nitro groups is 1. The first-order chi connectivity index (χ1) is 12.1. The molecule has 130 valence electrons. The van der Waals surface area contributed by atoms with Crippen molar-refractivity contribution in [2.24, 2.45) is 0 Å². The Hall–Kier alpha value is -2.03. The fraction of sp³-hybridized carbons (Fsp3) is 0.353. The van der Waals surface area contributed by atoms with Gasteiger partial charge in [0.05, 0.1) is 17.6 Å². The molecule has 1 aliphatic heterocycles. The van der Waals surface area contributed by atoms with E-state index in [-0.39, 0.29) is 16.7 Å². The van der Waals surface area contributed by atoms with Gasteiger partial charge >= 0.3 is 5.69 Å². The van der Waals surface area contributed by atoms with Crippen molar-refractivity contribution >= 4 is 28.4 Å². The van der Waals surface area contributed by atoms with Gasteiger partial charge in [-0.25, -0.2) is 4.68 Å². The van der Waals surface area contributed by atoms with Crippen molar-refractivity contribution in [1.29, 1.82) is 0 Å². The smallest absolute Gasteiger partial charge is 0.272 e. The predicted molar refractivity (Wildman–Crippen MR) is 99.2 cm³/mol. The van der Waals surface area contributed by atoms with Gasteiger partial charge < -0.3 is 0 Å². The van der Waals surface area contributed by atoms with Crippen molar-refractivity contribution < 1.29 is 4.92 Å². The topological polar surface area (TPSA) is 64.2 Å². The van der Waals surface area contributed by atoms with E-state index in [1.165, 1.54) is 15.3 Å². The molecule has 0 saturated carbocycles. The van der Waals surface area contributed by atoms with Crippen LogP contribution in [-0.4, -0.2) is 26.1 Å². The number of nitrogens with zero attached hydrogens (tertiary/aromatic N) is 4. The molecule has 0 bridgehead atoms. The summed E-state index contributed by atoms with van der Waals surface area (Å²) in [4.78, 5) is 16.0. The number of hydrogen-bond donors (Lipinski definition) is 0. The van der Waals surface area contributed by atoms with E-state index in [2.05, 4.69) is 39.0 Å². The summed E-state index contributed by atoms with van der Waals surface area (Å²) in [5.74, 6) is 0. The highest BCUT2D eigenvalue weighted by Gasteiger charge is 2.32. The van der Waals surface area contributed by atoms with Gasteiger partial charge in [-0.05, 0) is 48.7 Å². The van der Waals surface area contributed by atoms with E-state index in [1.54, 1.807) is 29.9 Å². The monoisotopic (exact) mass is 374 g/mol. The summed E-state index contributed by atoms with van der Waals surface area (Å²) in [5, 5.41) is 19.9. The highest BCUT2D eigenvalue weighted by molar-refractivity contribution is 7.10. The van der Waals surface area contributed by atoms with Gasteiger partial charge in [-0.15, -0.1) is 22.7 Å². The molecule has 0 spiro atoms. The molecule has 0 amide bonds. The molecule has 4 rings (SSSR count). The number of aryl methyl sites for hydroxylation is 1. The third kappa shape index (κ3) is 2.80. The highest BCUT2D eigenvalue weighted by Crippen LogP contribution is 2.39. The molecule has 0 aromatic carbocycles. The SMILES string of the molecule is Cc1nn(CN2CCc3sccc3[C@H]2c2cccs2)c(C)c1[N+](=O)[O-]. The van der Waals surface area contributed by atoms with Gasteiger partial charge in [0.2, 0.25) is 0 Å². The minimum atomic E-state index is -0.335. The van der Waals surface area contributed by atoms with Crippen LogP contribution in [0.25, 0.3) is 0 Å². The second kappa shape index (κ2) is 6.36. The van der Waals surface area contributed by atoms with Crippen LogP contribution in [0.3, 0.4) is 0 Å². The van der Waals surface area contributed by atoms with Crippen LogP contribution in [0.15, 0.2) is 29.0 Å². The van der Waals surface area contributed by atoms with Gasteiger partial charge in [-0.3, -0.25) is 15.0 Å². The predicted octanol–water partition coefficient (Wildman–Crippen LogP) is 4.14.